The maximum Gasteiger partial charge on any atom is 0.271 e. The molecule has 0 aliphatic heterocycles. The van der Waals surface area contributed by atoms with Crippen LogP contribution in [-0.2, 0) is 0 Å². The molecule has 0 saturated heterocycles. The van der Waals surface area contributed by atoms with E-state index in [1.54, 1.807) is 13.2 Å². The van der Waals surface area contributed by atoms with E-state index in [4.69, 9.17) is 10.2 Å². The molecule has 0 atom stereocenters. The van der Waals surface area contributed by atoms with Gasteiger partial charge in [0.25, 0.3) is 5.91 Å². The summed E-state index contributed by atoms with van der Waals surface area (Å²) in [6.07, 6.45) is 1.80. The maximum atomic E-state index is 10.7. The number of hydrogen-bond donors (Lipinski definition) is 1. The number of hydrogen-bond acceptors (Lipinski definition) is 4. The molecule has 0 aromatic carbocycles. The first-order valence-corrected chi connectivity index (χ1v) is 4.19. The fraction of sp³-hybridized carbons (Fsp3) is 0.333. The molecule has 0 bridgehead atoms. The number of primary amides is 1. The van der Waals surface area contributed by atoms with E-state index in [-0.39, 0.29) is 5.69 Å². The number of nitrogens with two attached hydrogens (primary N) is 1. The number of carbonyl (C=O) groups excluding carboxylic acids is 1. The average Bonchev–Trinajstić information content (AvgIpc) is 2.30. The molecule has 0 fully saturated rings. The molecule has 0 aliphatic carbocycles. The van der Waals surface area contributed by atoms with Gasteiger partial charge in [-0.05, 0) is 6.26 Å². The highest BCUT2D eigenvalue weighted by atomic mass is 32.2. The lowest BCUT2D eigenvalue weighted by Crippen LogP contribution is -2.12. The van der Waals surface area contributed by atoms with Crippen LogP contribution in [0.1, 0.15) is 16.4 Å². The summed E-state index contributed by atoms with van der Waals surface area (Å²) in [5.74, 6) is -0.0886. The zero-order chi connectivity index (χ0) is 8.43. The lowest BCUT2D eigenvalue weighted by atomic mass is 10.5. The third kappa shape index (κ3) is 1.54. The van der Waals surface area contributed by atoms with Crippen LogP contribution in [0.25, 0.3) is 0 Å². The Balaban J connectivity index is 3.12. The quantitative estimate of drug-likeness (QED) is 0.670. The van der Waals surface area contributed by atoms with Crippen molar-refractivity contribution in [1.82, 2.24) is 4.98 Å². The summed E-state index contributed by atoms with van der Waals surface area (Å²) >= 11 is 1.31. The van der Waals surface area contributed by atoms with Crippen molar-refractivity contribution < 1.29 is 9.21 Å². The van der Waals surface area contributed by atoms with E-state index in [9.17, 15) is 4.79 Å². The van der Waals surface area contributed by atoms with Gasteiger partial charge in [-0.25, -0.2) is 4.98 Å². The second-order valence-electron chi connectivity index (χ2n) is 1.94. The zero-order valence-corrected chi connectivity index (χ0v) is 7.07. The van der Waals surface area contributed by atoms with Crippen LogP contribution in [0.3, 0.4) is 0 Å². The van der Waals surface area contributed by atoms with Gasteiger partial charge in [-0.3, -0.25) is 4.79 Å². The van der Waals surface area contributed by atoms with E-state index < -0.39 is 5.91 Å². The van der Waals surface area contributed by atoms with E-state index in [1.807, 2.05) is 0 Å². The number of thioether (sulfide) groups is 1. The third-order valence-electron chi connectivity index (χ3n) is 1.12. The molecule has 4 nitrogen and oxygen atoms in total. The van der Waals surface area contributed by atoms with Crippen LogP contribution in [0.2, 0.25) is 0 Å². The van der Waals surface area contributed by atoms with Crippen molar-refractivity contribution in [3.8, 4) is 0 Å². The molecule has 11 heavy (non-hydrogen) atoms. The fourth-order valence-electron chi connectivity index (χ4n) is 0.702. The van der Waals surface area contributed by atoms with Crippen LogP contribution in [0.4, 0.5) is 0 Å². The number of nitrogens with zero attached hydrogens (tertiary/aromatic N) is 1. The lowest BCUT2D eigenvalue weighted by Gasteiger charge is -1.88. The number of aryl methyl sites for hydroxylation is 1. The normalized spacial score (nSPS) is 10.0. The molecule has 0 unspecified atom stereocenters. The Morgan fingerprint density at radius 2 is 2.36 bits per heavy atom. The highest BCUT2D eigenvalue weighted by Crippen LogP contribution is 2.20. The predicted octanol–water partition coefficient (Wildman–Crippen LogP) is 0.804. The molecule has 0 spiro atoms. The Kier molecular flexibility index (Phi) is 2.19. The standard InChI is InChI=1S/C6H8N2O2S/c1-3-8-4(5(7)9)6(10-3)11-2/h1-2H3,(H2,7,9). The number of aromatic nitrogens is 1. The smallest absolute Gasteiger partial charge is 0.271 e. The second-order valence-corrected chi connectivity index (χ2v) is 2.72. The predicted molar refractivity (Wildman–Crippen MR) is 41.5 cm³/mol. The van der Waals surface area contributed by atoms with Crippen LogP contribution < -0.4 is 5.73 Å². The first-order valence-electron chi connectivity index (χ1n) is 2.96. The molecule has 1 amide bonds. The van der Waals surface area contributed by atoms with Crippen molar-refractivity contribution >= 4 is 17.7 Å². The molecule has 1 heterocycles. The molecule has 1 rings (SSSR count). The maximum absolute atomic E-state index is 10.7. The number of carbonyl (C=O) groups is 1. The first-order chi connectivity index (χ1) is 5.15. The van der Waals surface area contributed by atoms with Gasteiger partial charge in [0.1, 0.15) is 0 Å². The molecule has 0 radical (unpaired) electrons. The van der Waals surface area contributed by atoms with Gasteiger partial charge in [0.2, 0.25) is 0 Å². The van der Waals surface area contributed by atoms with E-state index in [0.717, 1.165) is 0 Å². The van der Waals surface area contributed by atoms with Gasteiger partial charge in [0.15, 0.2) is 16.7 Å². The molecule has 1 aromatic rings. The monoisotopic (exact) mass is 172 g/mol. The van der Waals surface area contributed by atoms with Gasteiger partial charge in [-0.15, -0.1) is 0 Å². The minimum Gasteiger partial charge on any atom is -0.434 e. The molecular weight excluding hydrogens is 164 g/mol. The van der Waals surface area contributed by atoms with Gasteiger partial charge in [-0.2, -0.15) is 0 Å². The molecule has 5 heteroatoms. The topological polar surface area (TPSA) is 69.1 Å². The van der Waals surface area contributed by atoms with Crippen LogP contribution >= 0.6 is 11.8 Å². The van der Waals surface area contributed by atoms with Gasteiger partial charge in [0.05, 0.1) is 0 Å². The molecule has 60 valence electrons. The van der Waals surface area contributed by atoms with Crippen LogP contribution in [0, 0.1) is 6.92 Å². The van der Waals surface area contributed by atoms with Crippen molar-refractivity contribution in [2.24, 2.45) is 5.73 Å². The van der Waals surface area contributed by atoms with Gasteiger partial charge in [-0.1, -0.05) is 11.8 Å². The number of amides is 1. The van der Waals surface area contributed by atoms with Crippen molar-refractivity contribution in [1.29, 1.82) is 0 Å². The molecule has 0 saturated carbocycles. The summed E-state index contributed by atoms with van der Waals surface area (Å²) in [6, 6.07) is 0. The summed E-state index contributed by atoms with van der Waals surface area (Å²) in [4.78, 5) is 14.5. The fourth-order valence-corrected chi connectivity index (χ4v) is 1.25. The van der Waals surface area contributed by atoms with Crippen LogP contribution in [-0.4, -0.2) is 17.1 Å². The zero-order valence-electron chi connectivity index (χ0n) is 6.25. The second kappa shape index (κ2) is 2.96. The van der Waals surface area contributed by atoms with Crippen molar-refractivity contribution in [3.05, 3.63) is 11.6 Å². The van der Waals surface area contributed by atoms with Crippen molar-refractivity contribution in [2.45, 2.75) is 12.0 Å². The Hall–Kier alpha value is -0.970. The Labute approximate surface area is 68.2 Å². The van der Waals surface area contributed by atoms with E-state index in [0.29, 0.717) is 11.0 Å². The van der Waals surface area contributed by atoms with Gasteiger partial charge >= 0.3 is 0 Å². The molecule has 2 N–H and O–H groups in total. The van der Waals surface area contributed by atoms with Crippen molar-refractivity contribution in [3.63, 3.8) is 0 Å². The van der Waals surface area contributed by atoms with Gasteiger partial charge in [0, 0.05) is 6.92 Å². The molecule has 1 aromatic heterocycles. The summed E-state index contributed by atoms with van der Waals surface area (Å²) < 4.78 is 5.08. The van der Waals surface area contributed by atoms with E-state index >= 15 is 0 Å². The molecule has 0 aliphatic rings. The summed E-state index contributed by atoms with van der Waals surface area (Å²) in [5, 5.41) is 0.481. The van der Waals surface area contributed by atoms with Crippen LogP contribution in [0.5, 0.6) is 0 Å². The molecular formula is C6H8N2O2S. The minimum absolute atomic E-state index is 0.218. The summed E-state index contributed by atoms with van der Waals surface area (Å²) in [7, 11) is 0. The Bertz CT molecular complexity index is 282. The third-order valence-corrected chi connectivity index (χ3v) is 1.77. The van der Waals surface area contributed by atoms with Gasteiger partial charge < -0.3 is 10.2 Å². The number of oxazole rings is 1. The van der Waals surface area contributed by atoms with E-state index in [2.05, 4.69) is 4.98 Å². The lowest BCUT2D eigenvalue weighted by molar-refractivity contribution is 0.0991. The van der Waals surface area contributed by atoms with E-state index in [1.165, 1.54) is 11.8 Å². The highest BCUT2D eigenvalue weighted by molar-refractivity contribution is 7.98. The average molecular weight is 172 g/mol. The Morgan fingerprint density at radius 1 is 1.73 bits per heavy atom. The SMILES string of the molecule is CSc1oc(C)nc1C(N)=O. The summed E-state index contributed by atoms with van der Waals surface area (Å²) in [5.41, 5.74) is 5.25. The van der Waals surface area contributed by atoms with Crippen molar-refractivity contribution in [2.75, 3.05) is 6.26 Å². The minimum atomic E-state index is -0.550. The summed E-state index contributed by atoms with van der Waals surface area (Å²) in [6.45, 7) is 1.67. The highest BCUT2D eigenvalue weighted by Gasteiger charge is 2.14. The largest absolute Gasteiger partial charge is 0.434 e. The first kappa shape index (κ1) is 8.13. The van der Waals surface area contributed by atoms with Crippen LogP contribution in [0.15, 0.2) is 9.51 Å². The Morgan fingerprint density at radius 3 is 2.73 bits per heavy atom. The number of rotatable bonds is 2.